The minimum atomic E-state index is -0.824. The number of alkyl carbamates (subject to hydrolysis) is 1. The maximum absolute atomic E-state index is 12.5. The second-order valence-corrected chi connectivity index (χ2v) is 5.84. The third-order valence-electron chi connectivity index (χ3n) is 3.26. The lowest BCUT2D eigenvalue weighted by molar-refractivity contribution is -0.118. The summed E-state index contributed by atoms with van der Waals surface area (Å²) in [5.41, 5.74) is 1.27. The fourth-order valence-electron chi connectivity index (χ4n) is 2.07. The highest BCUT2D eigenvalue weighted by molar-refractivity contribution is 6.35. The quantitative estimate of drug-likeness (QED) is 0.842. The molecule has 2 aromatic carbocycles. The molecule has 7 heteroatoms. The maximum Gasteiger partial charge on any atom is 0.407 e. The normalized spacial score (nSPS) is 11.5. The van der Waals surface area contributed by atoms with E-state index in [2.05, 4.69) is 15.4 Å². The fraction of sp³-hybridized carbons (Fsp3) is 0.176. The number of carbonyl (C=O) groups excluding carboxylic acids is 2. The van der Waals surface area contributed by atoms with E-state index in [1.807, 2.05) is 30.3 Å². The Morgan fingerprint density at radius 2 is 1.83 bits per heavy atom. The number of rotatable bonds is 5. The van der Waals surface area contributed by atoms with E-state index >= 15 is 0 Å². The van der Waals surface area contributed by atoms with Crippen molar-refractivity contribution in [3.8, 4) is 0 Å². The second-order valence-electron chi connectivity index (χ2n) is 4.99. The van der Waals surface area contributed by atoms with Crippen molar-refractivity contribution >= 4 is 40.9 Å². The van der Waals surface area contributed by atoms with E-state index in [1.54, 1.807) is 18.2 Å². The predicted molar refractivity (Wildman–Crippen MR) is 94.6 cm³/mol. The lowest BCUT2D eigenvalue weighted by Crippen LogP contribution is -2.45. The molecule has 2 rings (SSSR count). The van der Waals surface area contributed by atoms with Crippen LogP contribution in [-0.4, -0.2) is 25.2 Å². The Balaban J connectivity index is 2.17. The molecular weight excluding hydrogens is 351 g/mol. The Kier molecular flexibility index (Phi) is 6.46. The van der Waals surface area contributed by atoms with Crippen LogP contribution in [0.2, 0.25) is 10.0 Å². The van der Waals surface area contributed by atoms with Gasteiger partial charge in [0.15, 0.2) is 0 Å². The van der Waals surface area contributed by atoms with Gasteiger partial charge >= 0.3 is 6.09 Å². The van der Waals surface area contributed by atoms with Crippen molar-refractivity contribution in [1.82, 2.24) is 5.32 Å². The summed E-state index contributed by atoms with van der Waals surface area (Å²) < 4.78 is 4.58. The van der Waals surface area contributed by atoms with Gasteiger partial charge < -0.3 is 15.4 Å². The number of methoxy groups -OCH3 is 1. The number of benzene rings is 2. The van der Waals surface area contributed by atoms with Crippen LogP contribution in [0.15, 0.2) is 48.5 Å². The Hall–Kier alpha value is -2.24. The Morgan fingerprint density at radius 1 is 1.12 bits per heavy atom. The molecule has 0 saturated carbocycles. The summed E-state index contributed by atoms with van der Waals surface area (Å²) in [6.07, 6.45) is -0.386. The lowest BCUT2D eigenvalue weighted by Gasteiger charge is -2.18. The summed E-state index contributed by atoms with van der Waals surface area (Å²) in [4.78, 5) is 24.1. The number of hydrogen-bond donors (Lipinski definition) is 2. The van der Waals surface area contributed by atoms with E-state index in [-0.39, 0.29) is 0 Å². The zero-order valence-electron chi connectivity index (χ0n) is 12.9. The second kappa shape index (κ2) is 8.57. The number of carbonyl (C=O) groups is 2. The zero-order chi connectivity index (χ0) is 17.5. The number of ether oxygens (including phenoxy) is 1. The molecule has 2 N–H and O–H groups in total. The molecule has 1 atom stereocenters. The van der Waals surface area contributed by atoms with Crippen LogP contribution in [-0.2, 0) is 16.0 Å². The van der Waals surface area contributed by atoms with Gasteiger partial charge in [0.1, 0.15) is 6.04 Å². The molecule has 0 aliphatic carbocycles. The molecule has 126 valence electrons. The molecule has 0 fully saturated rings. The van der Waals surface area contributed by atoms with E-state index in [0.717, 1.165) is 5.56 Å². The molecule has 24 heavy (non-hydrogen) atoms. The number of anilines is 1. The van der Waals surface area contributed by atoms with Gasteiger partial charge in [0, 0.05) is 11.4 Å². The minimum absolute atomic E-state index is 0.306. The summed E-state index contributed by atoms with van der Waals surface area (Å²) in [5.74, 6) is -0.423. The molecule has 0 aliphatic heterocycles. The smallest absolute Gasteiger partial charge is 0.407 e. The topological polar surface area (TPSA) is 67.4 Å². The van der Waals surface area contributed by atoms with Crippen molar-refractivity contribution in [2.24, 2.45) is 0 Å². The number of hydrogen-bond acceptors (Lipinski definition) is 3. The summed E-state index contributed by atoms with van der Waals surface area (Å²) in [7, 11) is 1.24. The van der Waals surface area contributed by atoms with Crippen LogP contribution in [0.3, 0.4) is 0 Å². The molecule has 1 unspecified atom stereocenters. The zero-order valence-corrected chi connectivity index (χ0v) is 14.4. The molecular formula is C17H16Cl2N2O3. The monoisotopic (exact) mass is 366 g/mol. The van der Waals surface area contributed by atoms with Crippen LogP contribution >= 0.6 is 23.2 Å². The van der Waals surface area contributed by atoms with Gasteiger partial charge in [0.05, 0.1) is 17.8 Å². The van der Waals surface area contributed by atoms with Crippen LogP contribution in [0.25, 0.3) is 0 Å². The van der Waals surface area contributed by atoms with Gasteiger partial charge in [-0.05, 0) is 23.8 Å². The van der Waals surface area contributed by atoms with Crippen molar-refractivity contribution in [2.45, 2.75) is 12.5 Å². The first-order chi connectivity index (χ1) is 11.5. The number of halogens is 2. The SMILES string of the molecule is COC(=O)NC(Cc1ccccc1)C(=O)Nc1cc(Cl)ccc1Cl. The van der Waals surface area contributed by atoms with Gasteiger partial charge in [-0.25, -0.2) is 4.79 Å². The Labute approximate surface area is 149 Å². The van der Waals surface area contributed by atoms with Crippen molar-refractivity contribution in [1.29, 1.82) is 0 Å². The first kappa shape index (κ1) is 18.1. The number of amides is 2. The van der Waals surface area contributed by atoms with Gasteiger partial charge in [-0.2, -0.15) is 0 Å². The standard InChI is InChI=1S/C17H16Cl2N2O3/c1-24-17(23)21-15(9-11-5-3-2-4-6-11)16(22)20-14-10-12(18)7-8-13(14)19/h2-8,10,15H,9H2,1H3,(H,20,22)(H,21,23). The van der Waals surface area contributed by atoms with Gasteiger partial charge in [-0.15, -0.1) is 0 Å². The summed E-state index contributed by atoms with van der Waals surface area (Å²) in [6, 6.07) is 13.2. The van der Waals surface area contributed by atoms with E-state index in [4.69, 9.17) is 23.2 Å². The molecule has 2 amide bonds. The summed E-state index contributed by atoms with van der Waals surface area (Å²) in [5, 5.41) is 5.99. The molecule has 0 aromatic heterocycles. The Morgan fingerprint density at radius 3 is 2.50 bits per heavy atom. The van der Waals surface area contributed by atoms with Crippen LogP contribution in [0.1, 0.15) is 5.56 Å². The van der Waals surface area contributed by atoms with E-state index in [1.165, 1.54) is 7.11 Å². The molecule has 0 spiro atoms. The summed E-state index contributed by atoms with van der Waals surface area (Å²) >= 11 is 12.0. The first-order valence-corrected chi connectivity index (χ1v) is 7.89. The van der Waals surface area contributed by atoms with E-state index < -0.39 is 18.0 Å². The molecule has 0 bridgehead atoms. The van der Waals surface area contributed by atoms with Crippen molar-refractivity contribution in [3.05, 3.63) is 64.1 Å². The van der Waals surface area contributed by atoms with Gasteiger partial charge in [0.2, 0.25) is 5.91 Å². The van der Waals surface area contributed by atoms with Crippen molar-refractivity contribution in [2.75, 3.05) is 12.4 Å². The van der Waals surface area contributed by atoms with Crippen LogP contribution in [0.4, 0.5) is 10.5 Å². The minimum Gasteiger partial charge on any atom is -0.453 e. The predicted octanol–water partition coefficient (Wildman–Crippen LogP) is 3.90. The average molecular weight is 367 g/mol. The molecule has 2 aromatic rings. The average Bonchev–Trinajstić information content (AvgIpc) is 2.58. The van der Waals surface area contributed by atoms with Gasteiger partial charge in [-0.1, -0.05) is 53.5 Å². The summed E-state index contributed by atoms with van der Waals surface area (Å²) in [6.45, 7) is 0. The van der Waals surface area contributed by atoms with E-state index in [9.17, 15) is 9.59 Å². The van der Waals surface area contributed by atoms with Crippen molar-refractivity contribution < 1.29 is 14.3 Å². The largest absolute Gasteiger partial charge is 0.453 e. The van der Waals surface area contributed by atoms with Crippen LogP contribution in [0.5, 0.6) is 0 Å². The maximum atomic E-state index is 12.5. The third-order valence-corrected chi connectivity index (χ3v) is 3.83. The van der Waals surface area contributed by atoms with Gasteiger partial charge in [-0.3, -0.25) is 4.79 Å². The lowest BCUT2D eigenvalue weighted by atomic mass is 10.1. The highest BCUT2D eigenvalue weighted by Gasteiger charge is 2.22. The Bertz CT molecular complexity index is 723. The first-order valence-electron chi connectivity index (χ1n) is 7.14. The highest BCUT2D eigenvalue weighted by atomic mass is 35.5. The molecule has 0 heterocycles. The van der Waals surface area contributed by atoms with Crippen LogP contribution < -0.4 is 10.6 Å². The number of nitrogens with one attached hydrogen (secondary N) is 2. The molecule has 0 aliphatic rings. The fourth-order valence-corrected chi connectivity index (χ4v) is 2.41. The van der Waals surface area contributed by atoms with Gasteiger partial charge in [0.25, 0.3) is 0 Å². The highest BCUT2D eigenvalue weighted by Crippen LogP contribution is 2.25. The molecule has 0 saturated heterocycles. The van der Waals surface area contributed by atoms with Crippen LogP contribution in [0, 0.1) is 0 Å². The third kappa shape index (κ3) is 5.15. The molecule has 0 radical (unpaired) electrons. The van der Waals surface area contributed by atoms with Crippen molar-refractivity contribution in [3.63, 3.8) is 0 Å². The van der Waals surface area contributed by atoms with E-state index in [0.29, 0.717) is 22.2 Å². The molecule has 5 nitrogen and oxygen atoms in total.